The summed E-state index contributed by atoms with van der Waals surface area (Å²) in [6, 6.07) is 0.243. The third-order valence-corrected chi connectivity index (χ3v) is 4.64. The maximum atomic E-state index is 12.8. The van der Waals surface area contributed by atoms with E-state index in [4.69, 9.17) is 5.11 Å². The third kappa shape index (κ3) is 2.21. The molecule has 1 N–H and O–H groups in total. The molecule has 0 aliphatic heterocycles. The van der Waals surface area contributed by atoms with E-state index in [-0.39, 0.29) is 24.8 Å². The second kappa shape index (κ2) is 5.94. The Balaban J connectivity index is 2.42. The van der Waals surface area contributed by atoms with E-state index >= 15 is 0 Å². The molecule has 0 aliphatic carbocycles. The Morgan fingerprint density at radius 2 is 2.04 bits per heavy atom. The molecule has 0 aromatic carbocycles. The van der Waals surface area contributed by atoms with E-state index in [1.807, 2.05) is 13.1 Å². The molecule has 0 aliphatic rings. The van der Waals surface area contributed by atoms with Crippen molar-refractivity contribution in [3.05, 3.63) is 32.7 Å². The fourth-order valence-electron chi connectivity index (χ4n) is 3.18. The highest BCUT2D eigenvalue weighted by Crippen LogP contribution is 2.22. The highest BCUT2D eigenvalue weighted by Gasteiger charge is 2.21. The van der Waals surface area contributed by atoms with Crippen molar-refractivity contribution in [1.82, 2.24) is 23.1 Å². The maximum Gasteiger partial charge on any atom is 0.332 e. The molecule has 1 atom stereocenters. The van der Waals surface area contributed by atoms with Crippen LogP contribution in [0.4, 0.5) is 0 Å². The minimum Gasteiger partial charge on any atom is -0.396 e. The summed E-state index contributed by atoms with van der Waals surface area (Å²) in [7, 11) is 1.62. The number of hydrogen-bond donors (Lipinski definition) is 1. The fourth-order valence-corrected chi connectivity index (χ4v) is 3.18. The van der Waals surface area contributed by atoms with Crippen molar-refractivity contribution in [3.8, 4) is 0 Å². The standard InChI is InChI=1S/C16H23N5O3/c1-5-10(2)21-11(3)9-20-12-13(17-15(20)21)18(4)16(24)19(14(12)23)7-6-8-22/h9-10,22H,5-8H2,1-4H3/t10-/m1/s1. The van der Waals surface area contributed by atoms with Crippen molar-refractivity contribution >= 4 is 16.9 Å². The first-order valence-corrected chi connectivity index (χ1v) is 8.22. The number of rotatable bonds is 5. The van der Waals surface area contributed by atoms with Gasteiger partial charge in [0.1, 0.15) is 0 Å². The number of hydrogen-bond acceptors (Lipinski definition) is 4. The van der Waals surface area contributed by atoms with Gasteiger partial charge in [0.15, 0.2) is 11.2 Å². The summed E-state index contributed by atoms with van der Waals surface area (Å²) in [6.07, 6.45) is 3.18. The first-order valence-electron chi connectivity index (χ1n) is 8.22. The van der Waals surface area contributed by atoms with E-state index in [2.05, 4.69) is 23.4 Å². The molecule has 0 saturated heterocycles. The molecule has 0 fully saturated rings. The largest absolute Gasteiger partial charge is 0.396 e. The van der Waals surface area contributed by atoms with Gasteiger partial charge in [-0.2, -0.15) is 4.98 Å². The van der Waals surface area contributed by atoms with E-state index < -0.39 is 5.69 Å². The third-order valence-electron chi connectivity index (χ3n) is 4.64. The molecule has 3 rings (SSSR count). The van der Waals surface area contributed by atoms with Crippen LogP contribution in [0.2, 0.25) is 0 Å². The number of fused-ring (bicyclic) bond motifs is 3. The van der Waals surface area contributed by atoms with Crippen molar-refractivity contribution in [2.45, 2.75) is 46.2 Å². The van der Waals surface area contributed by atoms with Gasteiger partial charge in [0, 0.05) is 38.1 Å². The van der Waals surface area contributed by atoms with Crippen molar-refractivity contribution in [3.63, 3.8) is 0 Å². The predicted molar refractivity (Wildman–Crippen MR) is 91.6 cm³/mol. The number of aryl methyl sites for hydroxylation is 2. The normalized spacial score (nSPS) is 13.2. The smallest absolute Gasteiger partial charge is 0.332 e. The SMILES string of the molecule is CC[C@@H](C)n1c(C)cn2c3c(=O)n(CCCO)c(=O)n(C)c3nc12. The summed E-state index contributed by atoms with van der Waals surface area (Å²) in [5, 5.41) is 9.01. The molecule has 8 nitrogen and oxygen atoms in total. The van der Waals surface area contributed by atoms with Gasteiger partial charge in [0.2, 0.25) is 5.78 Å². The fraction of sp³-hybridized carbons (Fsp3) is 0.562. The number of nitrogens with zero attached hydrogens (tertiary/aromatic N) is 5. The van der Waals surface area contributed by atoms with Gasteiger partial charge in [-0.15, -0.1) is 0 Å². The van der Waals surface area contributed by atoms with E-state index in [0.717, 1.165) is 12.1 Å². The molecule has 0 saturated carbocycles. The zero-order valence-electron chi connectivity index (χ0n) is 14.5. The van der Waals surface area contributed by atoms with Crippen LogP contribution in [0.5, 0.6) is 0 Å². The summed E-state index contributed by atoms with van der Waals surface area (Å²) in [4.78, 5) is 29.9. The lowest BCUT2D eigenvalue weighted by molar-refractivity contribution is 0.277. The molecule has 0 bridgehead atoms. The number of aliphatic hydroxyl groups is 1. The molecule has 130 valence electrons. The van der Waals surface area contributed by atoms with E-state index in [9.17, 15) is 9.59 Å². The van der Waals surface area contributed by atoms with E-state index in [1.54, 1.807) is 11.4 Å². The van der Waals surface area contributed by atoms with Gasteiger partial charge >= 0.3 is 5.69 Å². The van der Waals surface area contributed by atoms with Crippen molar-refractivity contribution < 1.29 is 5.11 Å². The summed E-state index contributed by atoms with van der Waals surface area (Å²) < 4.78 is 6.43. The molecule has 0 radical (unpaired) electrons. The second-order valence-electron chi connectivity index (χ2n) is 6.23. The average molecular weight is 333 g/mol. The van der Waals surface area contributed by atoms with Crippen LogP contribution in [0.25, 0.3) is 16.9 Å². The Hall–Kier alpha value is -2.35. The molecule has 3 aromatic rings. The monoisotopic (exact) mass is 333 g/mol. The maximum absolute atomic E-state index is 12.8. The topological polar surface area (TPSA) is 86.5 Å². The van der Waals surface area contributed by atoms with Crippen molar-refractivity contribution in [1.29, 1.82) is 0 Å². The van der Waals surface area contributed by atoms with E-state index in [0.29, 0.717) is 23.4 Å². The van der Waals surface area contributed by atoms with Gasteiger partial charge < -0.3 is 9.67 Å². The van der Waals surface area contributed by atoms with Crippen LogP contribution in [-0.2, 0) is 13.6 Å². The van der Waals surface area contributed by atoms with Gasteiger partial charge in [-0.3, -0.25) is 18.3 Å². The minimum absolute atomic E-state index is 0.0705. The van der Waals surface area contributed by atoms with Gasteiger partial charge in [0.05, 0.1) is 0 Å². The van der Waals surface area contributed by atoms with Gasteiger partial charge in [-0.25, -0.2) is 4.79 Å². The Kier molecular flexibility index (Phi) is 4.08. The molecule has 3 aromatic heterocycles. The van der Waals surface area contributed by atoms with Crippen LogP contribution < -0.4 is 11.2 Å². The average Bonchev–Trinajstić information content (AvgIpc) is 3.06. The lowest BCUT2D eigenvalue weighted by atomic mass is 10.2. The van der Waals surface area contributed by atoms with Crippen LogP contribution in [0.15, 0.2) is 15.8 Å². The molecular weight excluding hydrogens is 310 g/mol. The van der Waals surface area contributed by atoms with Gasteiger partial charge in [-0.1, -0.05) is 6.92 Å². The number of aromatic nitrogens is 5. The number of imidazole rings is 2. The molecule has 24 heavy (non-hydrogen) atoms. The van der Waals surface area contributed by atoms with Crippen LogP contribution in [0.1, 0.15) is 38.4 Å². The summed E-state index contributed by atoms with van der Waals surface area (Å²) in [6.45, 7) is 6.31. The van der Waals surface area contributed by atoms with Crippen molar-refractivity contribution in [2.24, 2.45) is 7.05 Å². The van der Waals surface area contributed by atoms with Gasteiger partial charge in [-0.05, 0) is 26.7 Å². The molecule has 0 amide bonds. The lowest BCUT2D eigenvalue weighted by Gasteiger charge is -2.12. The Morgan fingerprint density at radius 1 is 1.33 bits per heavy atom. The molecular formula is C16H23N5O3. The first-order chi connectivity index (χ1) is 11.4. The zero-order chi connectivity index (χ0) is 17.6. The predicted octanol–water partition coefficient (Wildman–Crippen LogP) is 0.811. The Bertz CT molecular complexity index is 1020. The van der Waals surface area contributed by atoms with Crippen LogP contribution in [-0.4, -0.2) is 34.8 Å². The minimum atomic E-state index is -0.409. The van der Waals surface area contributed by atoms with Gasteiger partial charge in [0.25, 0.3) is 5.56 Å². The lowest BCUT2D eigenvalue weighted by Crippen LogP contribution is -2.39. The van der Waals surface area contributed by atoms with Crippen molar-refractivity contribution in [2.75, 3.05) is 6.61 Å². The number of aliphatic hydroxyl groups excluding tert-OH is 1. The quantitative estimate of drug-likeness (QED) is 0.749. The summed E-state index contributed by atoms with van der Waals surface area (Å²) in [5.74, 6) is 0.670. The highest BCUT2D eigenvalue weighted by atomic mass is 16.3. The highest BCUT2D eigenvalue weighted by molar-refractivity contribution is 5.75. The molecule has 0 unspecified atom stereocenters. The molecule has 3 heterocycles. The van der Waals surface area contributed by atoms with Crippen LogP contribution >= 0.6 is 0 Å². The summed E-state index contributed by atoms with van der Waals surface area (Å²) in [5.41, 5.74) is 1.03. The molecule has 0 spiro atoms. The van der Waals surface area contributed by atoms with Crippen LogP contribution in [0.3, 0.4) is 0 Å². The van der Waals surface area contributed by atoms with E-state index in [1.165, 1.54) is 9.13 Å². The molecule has 8 heteroatoms. The Labute approximate surface area is 138 Å². The zero-order valence-corrected chi connectivity index (χ0v) is 14.5. The first kappa shape index (κ1) is 16.5. The van der Waals surface area contributed by atoms with Crippen LogP contribution in [0, 0.1) is 6.92 Å². The second-order valence-corrected chi connectivity index (χ2v) is 6.23. The summed E-state index contributed by atoms with van der Waals surface area (Å²) >= 11 is 0. The Morgan fingerprint density at radius 3 is 2.67 bits per heavy atom.